The SMILES string of the molecule is Cc1ccccc1NC(=O)CCN1C(=S)N[C@@H](c2ccccn2)[C@@H]1c1ccc(-c2ccc(Br)cc2F)o1. The summed E-state index contributed by atoms with van der Waals surface area (Å²) >= 11 is 8.97. The molecule has 0 saturated carbocycles. The number of hydrogen-bond donors (Lipinski definition) is 2. The van der Waals surface area contributed by atoms with Crippen molar-refractivity contribution in [3.63, 3.8) is 0 Å². The van der Waals surface area contributed by atoms with Crippen molar-refractivity contribution < 1.29 is 13.6 Å². The van der Waals surface area contributed by atoms with Crippen molar-refractivity contribution in [1.82, 2.24) is 15.2 Å². The Bertz CT molecular complexity index is 1450. The standard InChI is InChI=1S/C28H24BrFN4O2S/c1-17-6-2-3-7-21(17)32-25(35)13-15-34-27(26(33-28(34)37)22-8-4-5-14-31-22)24-12-11-23(36-24)19-10-9-18(29)16-20(19)30/h2-12,14,16,26-27H,13,15H2,1H3,(H,32,35)(H,33,37)/t26-,27-/m0/s1. The lowest BCUT2D eigenvalue weighted by atomic mass is 10.0. The molecule has 2 atom stereocenters. The number of nitrogens with one attached hydrogen (secondary N) is 2. The van der Waals surface area contributed by atoms with Crippen molar-refractivity contribution in [2.75, 3.05) is 11.9 Å². The summed E-state index contributed by atoms with van der Waals surface area (Å²) in [6.07, 6.45) is 1.94. The van der Waals surface area contributed by atoms with E-state index in [1.807, 2.05) is 60.4 Å². The van der Waals surface area contributed by atoms with Gasteiger partial charge in [0, 0.05) is 29.3 Å². The number of carbonyl (C=O) groups is 1. The molecule has 188 valence electrons. The second-order valence-electron chi connectivity index (χ2n) is 8.76. The molecule has 1 saturated heterocycles. The third-order valence-electron chi connectivity index (χ3n) is 6.31. The van der Waals surface area contributed by atoms with E-state index in [-0.39, 0.29) is 30.2 Å². The first kappa shape index (κ1) is 25.1. The Balaban J connectivity index is 1.42. The quantitative estimate of drug-likeness (QED) is 0.242. The molecule has 2 N–H and O–H groups in total. The third-order valence-corrected chi connectivity index (χ3v) is 7.16. The zero-order chi connectivity index (χ0) is 25.9. The molecule has 9 heteroatoms. The van der Waals surface area contributed by atoms with Crippen LogP contribution in [0.3, 0.4) is 0 Å². The molecule has 5 rings (SSSR count). The van der Waals surface area contributed by atoms with Crippen LogP contribution in [0.15, 0.2) is 87.9 Å². The largest absolute Gasteiger partial charge is 0.459 e. The lowest BCUT2D eigenvalue weighted by Gasteiger charge is -2.26. The summed E-state index contributed by atoms with van der Waals surface area (Å²) in [5.74, 6) is 0.505. The Hall–Kier alpha value is -3.56. The number of rotatable bonds is 7. The van der Waals surface area contributed by atoms with Gasteiger partial charge in [0.05, 0.1) is 17.3 Å². The average molecular weight is 579 g/mol. The van der Waals surface area contributed by atoms with Crippen molar-refractivity contribution in [3.8, 4) is 11.3 Å². The van der Waals surface area contributed by atoms with Crippen LogP contribution >= 0.6 is 28.1 Å². The summed E-state index contributed by atoms with van der Waals surface area (Å²) in [4.78, 5) is 19.3. The molecule has 37 heavy (non-hydrogen) atoms. The highest BCUT2D eigenvalue weighted by Gasteiger charge is 2.41. The summed E-state index contributed by atoms with van der Waals surface area (Å²) in [6.45, 7) is 2.31. The molecule has 1 amide bonds. The lowest BCUT2D eigenvalue weighted by molar-refractivity contribution is -0.116. The van der Waals surface area contributed by atoms with E-state index in [0.717, 1.165) is 16.9 Å². The summed E-state index contributed by atoms with van der Waals surface area (Å²) in [5, 5.41) is 6.81. The molecule has 4 aromatic rings. The number of nitrogens with zero attached hydrogens (tertiary/aromatic N) is 2. The van der Waals surface area contributed by atoms with E-state index in [1.165, 1.54) is 6.07 Å². The van der Waals surface area contributed by atoms with Gasteiger partial charge in [-0.05, 0) is 73.2 Å². The zero-order valence-corrected chi connectivity index (χ0v) is 22.4. The van der Waals surface area contributed by atoms with E-state index < -0.39 is 0 Å². The number of aryl methyl sites for hydroxylation is 1. The molecular formula is C28H24BrFN4O2S. The monoisotopic (exact) mass is 578 g/mol. The zero-order valence-electron chi connectivity index (χ0n) is 19.9. The first-order chi connectivity index (χ1) is 17.9. The Morgan fingerprint density at radius 3 is 2.73 bits per heavy atom. The van der Waals surface area contributed by atoms with Crippen LogP contribution in [0.4, 0.5) is 10.1 Å². The normalized spacial score (nSPS) is 17.1. The van der Waals surface area contributed by atoms with Gasteiger partial charge in [0.2, 0.25) is 5.91 Å². The second-order valence-corrected chi connectivity index (χ2v) is 10.1. The first-order valence-corrected chi connectivity index (χ1v) is 13.0. The predicted molar refractivity (Wildman–Crippen MR) is 148 cm³/mol. The summed E-state index contributed by atoms with van der Waals surface area (Å²) in [6, 6.07) is 21.1. The van der Waals surface area contributed by atoms with Crippen molar-refractivity contribution in [3.05, 3.63) is 106 Å². The Labute approximate surface area is 228 Å². The molecule has 0 aliphatic carbocycles. The fourth-order valence-electron chi connectivity index (χ4n) is 4.45. The number of aromatic nitrogens is 1. The molecule has 3 heterocycles. The lowest BCUT2D eigenvalue weighted by Crippen LogP contribution is -2.32. The van der Waals surface area contributed by atoms with Crippen LogP contribution in [0.1, 0.15) is 35.5 Å². The van der Waals surface area contributed by atoms with Crippen molar-refractivity contribution in [1.29, 1.82) is 0 Å². The number of halogens is 2. The van der Waals surface area contributed by atoms with Gasteiger partial charge in [-0.25, -0.2) is 4.39 Å². The highest BCUT2D eigenvalue weighted by atomic mass is 79.9. The van der Waals surface area contributed by atoms with Gasteiger partial charge in [-0.3, -0.25) is 9.78 Å². The number of carbonyl (C=O) groups excluding carboxylic acids is 1. The molecule has 0 radical (unpaired) electrons. The molecule has 0 spiro atoms. The smallest absolute Gasteiger partial charge is 0.226 e. The average Bonchev–Trinajstić information content (AvgIpc) is 3.49. The summed E-state index contributed by atoms with van der Waals surface area (Å²) in [7, 11) is 0. The van der Waals surface area contributed by atoms with Crippen molar-refractivity contribution in [2.45, 2.75) is 25.4 Å². The molecule has 0 unspecified atom stereocenters. The van der Waals surface area contributed by atoms with Gasteiger partial charge in [0.1, 0.15) is 23.4 Å². The fourth-order valence-corrected chi connectivity index (χ4v) is 5.11. The van der Waals surface area contributed by atoms with E-state index >= 15 is 0 Å². The highest BCUT2D eigenvalue weighted by molar-refractivity contribution is 9.10. The van der Waals surface area contributed by atoms with Crippen LogP contribution < -0.4 is 10.6 Å². The number of hydrogen-bond acceptors (Lipinski definition) is 4. The van der Waals surface area contributed by atoms with Crippen molar-refractivity contribution in [2.24, 2.45) is 0 Å². The van der Waals surface area contributed by atoms with Crippen LogP contribution in [0, 0.1) is 12.7 Å². The maximum Gasteiger partial charge on any atom is 0.226 e. The van der Waals surface area contributed by atoms with Gasteiger partial charge in [-0.1, -0.05) is 40.2 Å². The van der Waals surface area contributed by atoms with Crippen LogP contribution in [-0.4, -0.2) is 27.4 Å². The van der Waals surface area contributed by atoms with E-state index in [0.29, 0.717) is 33.2 Å². The van der Waals surface area contributed by atoms with Gasteiger partial charge >= 0.3 is 0 Å². The summed E-state index contributed by atoms with van der Waals surface area (Å²) < 4.78 is 21.5. The van der Waals surface area contributed by atoms with E-state index in [4.69, 9.17) is 16.6 Å². The Morgan fingerprint density at radius 2 is 1.97 bits per heavy atom. The molecular weight excluding hydrogens is 555 g/mol. The van der Waals surface area contributed by atoms with Gasteiger partial charge in [-0.2, -0.15) is 0 Å². The summed E-state index contributed by atoms with van der Waals surface area (Å²) in [5.41, 5.74) is 2.92. The number of anilines is 1. The first-order valence-electron chi connectivity index (χ1n) is 11.8. The maximum atomic E-state index is 14.6. The Morgan fingerprint density at radius 1 is 1.16 bits per heavy atom. The van der Waals surface area contributed by atoms with Gasteiger partial charge in [-0.15, -0.1) is 0 Å². The van der Waals surface area contributed by atoms with Crippen LogP contribution in [0.2, 0.25) is 0 Å². The second kappa shape index (κ2) is 10.8. The fraction of sp³-hybridized carbons (Fsp3) is 0.179. The van der Waals surface area contributed by atoms with Gasteiger partial charge in [0.25, 0.3) is 0 Å². The molecule has 2 aromatic carbocycles. The maximum absolute atomic E-state index is 14.6. The number of thiocarbonyl (C=S) groups is 1. The van der Waals surface area contributed by atoms with Crippen LogP contribution in [0.25, 0.3) is 11.3 Å². The van der Waals surface area contributed by atoms with Gasteiger partial charge < -0.3 is 20.0 Å². The predicted octanol–water partition coefficient (Wildman–Crippen LogP) is 6.55. The van der Waals surface area contributed by atoms with Crippen LogP contribution in [0.5, 0.6) is 0 Å². The van der Waals surface area contributed by atoms with E-state index in [1.54, 1.807) is 24.4 Å². The number of benzene rings is 2. The molecule has 6 nitrogen and oxygen atoms in total. The molecule has 1 aliphatic heterocycles. The number of para-hydroxylation sites is 1. The topological polar surface area (TPSA) is 70.4 Å². The van der Waals surface area contributed by atoms with Crippen LogP contribution in [-0.2, 0) is 4.79 Å². The molecule has 1 aliphatic rings. The third kappa shape index (κ3) is 5.42. The number of furan rings is 1. The number of amides is 1. The van der Waals surface area contributed by atoms with Gasteiger partial charge in [0.15, 0.2) is 5.11 Å². The number of pyridine rings is 1. The molecule has 1 fully saturated rings. The Kier molecular flexibility index (Phi) is 7.34. The highest BCUT2D eigenvalue weighted by Crippen LogP contribution is 2.41. The molecule has 0 bridgehead atoms. The van der Waals surface area contributed by atoms with E-state index in [9.17, 15) is 9.18 Å². The van der Waals surface area contributed by atoms with Crippen molar-refractivity contribution >= 4 is 44.9 Å². The van der Waals surface area contributed by atoms with E-state index in [2.05, 4.69) is 31.5 Å². The minimum Gasteiger partial charge on any atom is -0.459 e. The molecule has 2 aromatic heterocycles. The minimum absolute atomic E-state index is 0.116. The minimum atomic E-state index is -0.388.